The summed E-state index contributed by atoms with van der Waals surface area (Å²) in [5.41, 5.74) is 0.944. The Bertz CT molecular complexity index is 167. The molecule has 0 aromatic rings. The zero-order valence-corrected chi connectivity index (χ0v) is 8.39. The van der Waals surface area contributed by atoms with Gasteiger partial charge in [0.2, 0.25) is 0 Å². The van der Waals surface area contributed by atoms with E-state index in [1.54, 1.807) is 13.2 Å². The van der Waals surface area contributed by atoms with Gasteiger partial charge in [0.05, 0.1) is 5.60 Å². The first-order valence-corrected chi connectivity index (χ1v) is 4.24. The highest BCUT2D eigenvalue weighted by Gasteiger charge is 2.20. The van der Waals surface area contributed by atoms with E-state index in [9.17, 15) is 4.79 Å². The molecule has 0 aliphatic carbocycles. The zero-order valence-electron chi connectivity index (χ0n) is 8.39. The summed E-state index contributed by atoms with van der Waals surface area (Å²) in [6, 6.07) is 0. The molecule has 0 spiro atoms. The molecule has 0 saturated carbocycles. The third kappa shape index (κ3) is 3.67. The predicted octanol–water partition coefficient (Wildman–Crippen LogP) is 2.34. The van der Waals surface area contributed by atoms with Crippen molar-refractivity contribution in [2.75, 3.05) is 7.11 Å². The second kappa shape index (κ2) is 5.09. The van der Waals surface area contributed by atoms with Crippen LogP contribution in [-0.4, -0.2) is 19.0 Å². The maximum Gasteiger partial charge on any atom is 0.142 e. The van der Waals surface area contributed by atoms with Gasteiger partial charge in [0.15, 0.2) is 0 Å². The number of ether oxygens (including phenoxy) is 1. The summed E-state index contributed by atoms with van der Waals surface area (Å²) >= 11 is 0. The lowest BCUT2D eigenvalue weighted by molar-refractivity contribution is -0.104. The molecule has 0 amide bonds. The van der Waals surface area contributed by atoms with E-state index in [1.807, 2.05) is 6.92 Å². The van der Waals surface area contributed by atoms with Crippen LogP contribution in [0.1, 0.15) is 33.6 Å². The molecule has 70 valence electrons. The van der Waals surface area contributed by atoms with Crippen LogP contribution in [0.2, 0.25) is 0 Å². The van der Waals surface area contributed by atoms with E-state index >= 15 is 0 Å². The fraction of sp³-hybridized carbons (Fsp3) is 0.700. The third-order valence-corrected chi connectivity index (χ3v) is 2.25. The number of methoxy groups -OCH3 is 1. The molecule has 0 aliphatic heterocycles. The van der Waals surface area contributed by atoms with Gasteiger partial charge in [-0.05, 0) is 32.8 Å². The van der Waals surface area contributed by atoms with Crippen molar-refractivity contribution in [2.45, 2.75) is 39.2 Å². The smallest absolute Gasteiger partial charge is 0.142 e. The Morgan fingerprint density at radius 2 is 2.17 bits per heavy atom. The van der Waals surface area contributed by atoms with Crippen LogP contribution < -0.4 is 0 Å². The lowest BCUT2D eigenvalue weighted by Crippen LogP contribution is -2.26. The molecule has 2 heteroatoms. The van der Waals surface area contributed by atoms with Crippen molar-refractivity contribution >= 4 is 6.29 Å². The summed E-state index contributed by atoms with van der Waals surface area (Å²) < 4.78 is 5.35. The largest absolute Gasteiger partial charge is 0.378 e. The quantitative estimate of drug-likeness (QED) is 0.467. The number of rotatable bonds is 5. The van der Waals surface area contributed by atoms with Crippen LogP contribution in [0.5, 0.6) is 0 Å². The van der Waals surface area contributed by atoms with E-state index in [0.29, 0.717) is 0 Å². The molecule has 0 heterocycles. The second-order valence-corrected chi connectivity index (χ2v) is 3.33. The van der Waals surface area contributed by atoms with Crippen LogP contribution >= 0.6 is 0 Å². The minimum absolute atomic E-state index is 0.121. The fourth-order valence-electron chi connectivity index (χ4n) is 1.11. The number of carbonyl (C=O) groups is 1. The molecule has 1 atom stereocenters. The Labute approximate surface area is 74.6 Å². The Kier molecular flexibility index (Phi) is 4.83. The molecule has 0 aromatic carbocycles. The third-order valence-electron chi connectivity index (χ3n) is 2.25. The summed E-state index contributed by atoms with van der Waals surface area (Å²) in [6.07, 6.45) is 4.18. The van der Waals surface area contributed by atoms with Gasteiger partial charge < -0.3 is 4.74 Å². The van der Waals surface area contributed by atoms with Crippen LogP contribution in [0.3, 0.4) is 0 Å². The molecule has 0 radical (unpaired) electrons. The summed E-state index contributed by atoms with van der Waals surface area (Å²) in [4.78, 5) is 10.2. The van der Waals surface area contributed by atoms with Crippen molar-refractivity contribution in [1.29, 1.82) is 0 Å². The molecule has 0 bridgehead atoms. The Balaban J connectivity index is 4.20. The van der Waals surface area contributed by atoms with E-state index < -0.39 is 0 Å². The minimum atomic E-state index is -0.121. The van der Waals surface area contributed by atoms with Crippen LogP contribution in [0.4, 0.5) is 0 Å². The van der Waals surface area contributed by atoms with Gasteiger partial charge in [0.25, 0.3) is 0 Å². The van der Waals surface area contributed by atoms with E-state index in [4.69, 9.17) is 4.74 Å². The van der Waals surface area contributed by atoms with Gasteiger partial charge in [0, 0.05) is 7.11 Å². The van der Waals surface area contributed by atoms with Gasteiger partial charge in [-0.3, -0.25) is 4.79 Å². The highest BCUT2D eigenvalue weighted by atomic mass is 16.5. The van der Waals surface area contributed by atoms with Crippen molar-refractivity contribution in [3.63, 3.8) is 0 Å². The molecular weight excluding hydrogens is 152 g/mol. The first kappa shape index (κ1) is 11.4. The molecule has 0 N–H and O–H groups in total. The Morgan fingerprint density at radius 3 is 2.50 bits per heavy atom. The second-order valence-electron chi connectivity index (χ2n) is 3.33. The van der Waals surface area contributed by atoms with Gasteiger partial charge in [0.1, 0.15) is 6.29 Å². The molecule has 1 unspecified atom stereocenters. The summed E-state index contributed by atoms with van der Waals surface area (Å²) in [7, 11) is 1.71. The maximum atomic E-state index is 10.2. The average Bonchev–Trinajstić information content (AvgIpc) is 2.05. The molecule has 0 aromatic heterocycles. The fourth-order valence-corrected chi connectivity index (χ4v) is 1.11. The Hall–Kier alpha value is -0.630. The standard InChI is InChI=1S/C10H18O2/c1-5-10(3,12-4)8-9(2)6-7-11/h6-7H,5,8H2,1-4H3. The minimum Gasteiger partial charge on any atom is -0.378 e. The van der Waals surface area contributed by atoms with Crippen molar-refractivity contribution in [3.05, 3.63) is 11.6 Å². The number of carbonyl (C=O) groups excluding carboxylic acids is 1. The average molecular weight is 170 g/mol. The molecule has 0 saturated heterocycles. The highest BCUT2D eigenvalue weighted by molar-refractivity contribution is 5.65. The maximum absolute atomic E-state index is 10.2. The van der Waals surface area contributed by atoms with Crippen LogP contribution in [0.15, 0.2) is 11.6 Å². The molecule has 0 fully saturated rings. The van der Waals surface area contributed by atoms with Gasteiger partial charge >= 0.3 is 0 Å². The van der Waals surface area contributed by atoms with Crippen LogP contribution in [0.25, 0.3) is 0 Å². The van der Waals surface area contributed by atoms with Crippen LogP contribution in [-0.2, 0) is 9.53 Å². The first-order chi connectivity index (χ1) is 5.58. The lowest BCUT2D eigenvalue weighted by Gasteiger charge is -2.26. The van der Waals surface area contributed by atoms with E-state index in [1.165, 1.54) is 0 Å². The van der Waals surface area contributed by atoms with Gasteiger partial charge in [-0.1, -0.05) is 12.5 Å². The number of allylic oxidation sites excluding steroid dienone is 1. The summed E-state index contributed by atoms with van der Waals surface area (Å²) in [5, 5.41) is 0. The summed E-state index contributed by atoms with van der Waals surface area (Å²) in [5.74, 6) is 0. The molecule has 0 rings (SSSR count). The number of aldehydes is 1. The van der Waals surface area contributed by atoms with Gasteiger partial charge in [-0.25, -0.2) is 0 Å². The first-order valence-electron chi connectivity index (χ1n) is 4.24. The zero-order chi connectivity index (χ0) is 9.61. The van der Waals surface area contributed by atoms with E-state index in [-0.39, 0.29) is 5.60 Å². The topological polar surface area (TPSA) is 26.3 Å². The van der Waals surface area contributed by atoms with Crippen molar-refractivity contribution in [3.8, 4) is 0 Å². The molecule has 0 aliphatic rings. The van der Waals surface area contributed by atoms with Crippen molar-refractivity contribution in [1.82, 2.24) is 0 Å². The Morgan fingerprint density at radius 1 is 1.58 bits per heavy atom. The molecule has 2 nitrogen and oxygen atoms in total. The van der Waals surface area contributed by atoms with E-state index in [2.05, 4.69) is 13.8 Å². The SMILES string of the molecule is CCC(C)(CC(C)=CC=O)OC. The molecular formula is C10H18O2. The van der Waals surface area contributed by atoms with Gasteiger partial charge in [-0.2, -0.15) is 0 Å². The number of hydrogen-bond acceptors (Lipinski definition) is 2. The number of hydrogen-bond donors (Lipinski definition) is 0. The normalized spacial score (nSPS) is 17.2. The summed E-state index contributed by atoms with van der Waals surface area (Å²) in [6.45, 7) is 6.08. The molecule has 12 heavy (non-hydrogen) atoms. The highest BCUT2D eigenvalue weighted by Crippen LogP contribution is 2.22. The van der Waals surface area contributed by atoms with Gasteiger partial charge in [-0.15, -0.1) is 0 Å². The lowest BCUT2D eigenvalue weighted by atomic mass is 9.94. The monoisotopic (exact) mass is 170 g/mol. The van der Waals surface area contributed by atoms with Crippen molar-refractivity contribution in [2.24, 2.45) is 0 Å². The predicted molar refractivity (Wildman–Crippen MR) is 50.1 cm³/mol. The van der Waals surface area contributed by atoms with E-state index in [0.717, 1.165) is 24.7 Å². The van der Waals surface area contributed by atoms with Crippen molar-refractivity contribution < 1.29 is 9.53 Å². The van der Waals surface area contributed by atoms with Crippen LogP contribution in [0, 0.1) is 0 Å².